The first-order valence-corrected chi connectivity index (χ1v) is 8.17. The highest BCUT2D eigenvalue weighted by atomic mass is 32.1. The molecule has 0 spiro atoms. The fourth-order valence-corrected chi connectivity index (χ4v) is 3.44. The van der Waals surface area contributed by atoms with Crippen molar-refractivity contribution in [2.45, 2.75) is 18.9 Å². The molecule has 1 aliphatic heterocycles. The molecule has 1 aromatic carbocycles. The van der Waals surface area contributed by atoms with Crippen LogP contribution in [-0.2, 0) is 4.79 Å². The van der Waals surface area contributed by atoms with Gasteiger partial charge in [0, 0.05) is 28.8 Å². The fraction of sp³-hybridized carbons (Fsp3) is 0.167. The lowest BCUT2D eigenvalue weighted by atomic mass is 9.81. The van der Waals surface area contributed by atoms with Crippen LogP contribution >= 0.6 is 12.2 Å². The molecule has 26 heavy (non-hydrogen) atoms. The minimum Gasteiger partial charge on any atom is -0.763 e. The maximum Gasteiger partial charge on any atom is 0.295 e. The van der Waals surface area contributed by atoms with E-state index >= 15 is 0 Å². The number of para-hydroxylation sites is 1. The number of carbonyl (C=O) groups is 1. The molecule has 2 unspecified atom stereocenters. The lowest BCUT2D eigenvalue weighted by molar-refractivity contribution is -0.711. The molecule has 7 nitrogen and oxygen atoms in total. The summed E-state index contributed by atoms with van der Waals surface area (Å²) in [6.45, 7) is 1.87. The molecule has 0 aliphatic carbocycles. The number of nitrogens with zero attached hydrogens (tertiary/aromatic N) is 3. The first-order valence-electron chi connectivity index (χ1n) is 7.77. The van der Waals surface area contributed by atoms with E-state index in [0.29, 0.717) is 0 Å². The molecular formula is C18H14N4O3S. The van der Waals surface area contributed by atoms with Crippen molar-refractivity contribution in [1.82, 2.24) is 5.32 Å². The van der Waals surface area contributed by atoms with Gasteiger partial charge in [0.2, 0.25) is 6.04 Å². The summed E-state index contributed by atoms with van der Waals surface area (Å²) in [4.78, 5) is 23.7. The van der Waals surface area contributed by atoms with Gasteiger partial charge in [0.15, 0.2) is 12.4 Å². The Kier molecular flexibility index (Phi) is 4.71. The van der Waals surface area contributed by atoms with Crippen LogP contribution in [0.15, 0.2) is 54.4 Å². The van der Waals surface area contributed by atoms with E-state index in [1.54, 1.807) is 41.2 Å². The third-order valence-electron chi connectivity index (χ3n) is 4.26. The molecule has 1 aliphatic rings. The summed E-state index contributed by atoms with van der Waals surface area (Å²) in [5.74, 6) is 0.766. The molecule has 1 N–H and O–H groups in total. The normalized spacial score (nSPS) is 19.7. The SMILES string of the molecule is Cc1ccc[n+](C2C(=O)NC(=S)C(=C=[N-])C2c2ccccc2[N+](=O)[O-])c1. The van der Waals surface area contributed by atoms with Crippen molar-refractivity contribution in [3.63, 3.8) is 0 Å². The van der Waals surface area contributed by atoms with Crippen molar-refractivity contribution in [1.29, 1.82) is 0 Å². The predicted octanol–water partition coefficient (Wildman–Crippen LogP) is 2.14. The van der Waals surface area contributed by atoms with Gasteiger partial charge in [0.25, 0.3) is 11.6 Å². The van der Waals surface area contributed by atoms with Crippen LogP contribution in [0.4, 0.5) is 5.69 Å². The zero-order valence-electron chi connectivity index (χ0n) is 13.7. The molecule has 1 fully saturated rings. The first-order chi connectivity index (χ1) is 12.4. The summed E-state index contributed by atoms with van der Waals surface area (Å²) in [7, 11) is 0. The molecule has 2 heterocycles. The number of nitro groups is 1. The van der Waals surface area contributed by atoms with Gasteiger partial charge >= 0.3 is 0 Å². The molecule has 1 amide bonds. The number of aromatic nitrogens is 1. The Bertz CT molecular complexity index is 982. The van der Waals surface area contributed by atoms with Gasteiger partial charge in [-0.3, -0.25) is 20.8 Å². The molecule has 0 radical (unpaired) electrons. The van der Waals surface area contributed by atoms with Crippen LogP contribution < -0.4 is 9.88 Å². The fourth-order valence-electron chi connectivity index (χ4n) is 3.16. The monoisotopic (exact) mass is 366 g/mol. The number of piperidine rings is 1. The largest absolute Gasteiger partial charge is 0.763 e. The van der Waals surface area contributed by atoms with E-state index in [1.165, 1.54) is 6.07 Å². The van der Waals surface area contributed by atoms with Gasteiger partial charge in [-0.25, -0.2) is 0 Å². The van der Waals surface area contributed by atoms with Gasteiger partial charge in [-0.1, -0.05) is 30.4 Å². The van der Waals surface area contributed by atoms with Crippen molar-refractivity contribution in [2.24, 2.45) is 0 Å². The van der Waals surface area contributed by atoms with Crippen molar-refractivity contribution in [3.8, 4) is 0 Å². The van der Waals surface area contributed by atoms with E-state index < -0.39 is 22.8 Å². The van der Waals surface area contributed by atoms with Crippen LogP contribution in [0, 0.1) is 17.0 Å². The number of hydrogen-bond acceptors (Lipinski definition) is 4. The van der Waals surface area contributed by atoms with Crippen LogP contribution in [0.1, 0.15) is 23.1 Å². The Morgan fingerprint density at radius 1 is 1.31 bits per heavy atom. The Morgan fingerprint density at radius 3 is 2.69 bits per heavy atom. The van der Waals surface area contributed by atoms with E-state index in [2.05, 4.69) is 5.32 Å². The second kappa shape index (κ2) is 6.95. The van der Waals surface area contributed by atoms with E-state index in [0.717, 1.165) is 5.56 Å². The molecule has 2 atom stereocenters. The first kappa shape index (κ1) is 17.6. The quantitative estimate of drug-likeness (QED) is 0.225. The summed E-state index contributed by atoms with van der Waals surface area (Å²) in [5.41, 5.74) is 1.17. The average Bonchev–Trinajstić information content (AvgIpc) is 2.61. The van der Waals surface area contributed by atoms with Gasteiger partial charge < -0.3 is 10.7 Å². The van der Waals surface area contributed by atoms with Gasteiger partial charge in [-0.05, 0) is 13.0 Å². The number of pyridine rings is 1. The van der Waals surface area contributed by atoms with Gasteiger partial charge in [-0.2, -0.15) is 4.57 Å². The predicted molar refractivity (Wildman–Crippen MR) is 98.9 cm³/mol. The zero-order valence-corrected chi connectivity index (χ0v) is 14.6. The number of rotatable bonds is 3. The van der Waals surface area contributed by atoms with E-state index in [-0.39, 0.29) is 21.8 Å². The maximum absolute atomic E-state index is 12.7. The van der Waals surface area contributed by atoms with Crippen LogP contribution in [-0.4, -0.2) is 21.7 Å². The maximum atomic E-state index is 12.7. The van der Waals surface area contributed by atoms with Gasteiger partial charge in [0.1, 0.15) is 4.99 Å². The van der Waals surface area contributed by atoms with E-state index in [4.69, 9.17) is 12.2 Å². The Labute approximate surface area is 154 Å². The lowest BCUT2D eigenvalue weighted by Gasteiger charge is -2.30. The smallest absolute Gasteiger partial charge is 0.295 e. The number of aryl methyl sites for hydroxylation is 1. The number of nitrogens with one attached hydrogen (secondary N) is 1. The number of thiocarbonyl (C=S) groups is 1. The second-order valence-electron chi connectivity index (χ2n) is 5.91. The number of amides is 1. The van der Waals surface area contributed by atoms with Crippen molar-refractivity contribution in [2.75, 3.05) is 0 Å². The van der Waals surface area contributed by atoms with Crippen LogP contribution in [0.2, 0.25) is 0 Å². The van der Waals surface area contributed by atoms with E-state index in [1.807, 2.05) is 18.9 Å². The van der Waals surface area contributed by atoms with Crippen LogP contribution in [0.5, 0.6) is 0 Å². The topological polar surface area (TPSA) is 98.4 Å². The molecule has 1 saturated heterocycles. The molecule has 3 rings (SSSR count). The Morgan fingerprint density at radius 2 is 2.04 bits per heavy atom. The Balaban J connectivity index is 2.27. The minimum atomic E-state index is -0.864. The highest BCUT2D eigenvalue weighted by Crippen LogP contribution is 2.39. The number of carbonyl (C=O) groups excluding carboxylic acids is 1. The lowest BCUT2D eigenvalue weighted by Crippen LogP contribution is -2.56. The summed E-state index contributed by atoms with van der Waals surface area (Å²) in [5, 5.41) is 23.7. The summed E-state index contributed by atoms with van der Waals surface area (Å²) in [6.07, 6.45) is 3.46. The van der Waals surface area contributed by atoms with Crippen molar-refractivity contribution in [3.05, 3.63) is 81.0 Å². The third-order valence-corrected chi connectivity index (χ3v) is 4.58. The standard InChI is InChI=1S/C18H14N4O3S/c1-11-5-4-8-21(10-11)16-15(13(9-19)18(26)20-17(16)23)12-6-2-3-7-14(12)22(24)25/h2-8,10,15-16H,1H3,(H,20,23,26). The third kappa shape index (κ3) is 3.03. The molecule has 0 bridgehead atoms. The molecule has 0 saturated carbocycles. The highest BCUT2D eigenvalue weighted by Gasteiger charge is 2.47. The minimum absolute atomic E-state index is 0.00477. The van der Waals surface area contributed by atoms with Crippen LogP contribution in [0.25, 0.3) is 5.41 Å². The van der Waals surface area contributed by atoms with Crippen LogP contribution in [0.3, 0.4) is 0 Å². The van der Waals surface area contributed by atoms with Gasteiger partial charge in [0.05, 0.1) is 10.8 Å². The average molecular weight is 366 g/mol. The number of hydrogen-bond donors (Lipinski definition) is 1. The highest BCUT2D eigenvalue weighted by molar-refractivity contribution is 7.80. The molecule has 2 aromatic rings. The molecule has 8 heteroatoms. The van der Waals surface area contributed by atoms with Gasteiger partial charge in [-0.15, -0.1) is 0 Å². The number of nitro benzene ring substituents is 1. The molecule has 130 valence electrons. The summed E-state index contributed by atoms with van der Waals surface area (Å²) in [6, 6.07) is 8.89. The molecular weight excluding hydrogens is 352 g/mol. The van der Waals surface area contributed by atoms with Crippen molar-refractivity contribution >= 4 is 34.7 Å². The number of benzene rings is 1. The second-order valence-corrected chi connectivity index (χ2v) is 6.32. The Hall–Kier alpha value is -3.22. The zero-order chi connectivity index (χ0) is 18.8. The summed E-state index contributed by atoms with van der Waals surface area (Å²) >= 11 is 5.15. The summed E-state index contributed by atoms with van der Waals surface area (Å²) < 4.78 is 1.66. The molecule has 1 aromatic heterocycles. The van der Waals surface area contributed by atoms with Crippen molar-refractivity contribution < 1.29 is 14.3 Å². The van der Waals surface area contributed by atoms with E-state index in [9.17, 15) is 20.3 Å².